The Hall–Kier alpha value is -6.84. The zero-order valence-corrected chi connectivity index (χ0v) is 33.5. The standard InChI is InChI=1S/C55H44N2O/c1-35-13-11-19-50-52(35)57-49-32-25-39(33-48(49)55(4,5)46-18-12-20-51(58-50)53(46)57)38-23-28-41(29-24-38)56(40-26-21-37(22-27-40)36-14-7-6-8-15-36)42-30-31-44-43-16-9-10-17-45(43)54(2,3)47(44)34-42/h6-34H,1-5H3. The van der Waals surface area contributed by atoms with E-state index in [0.29, 0.717) is 0 Å². The summed E-state index contributed by atoms with van der Waals surface area (Å²) in [4.78, 5) is 4.84. The molecule has 0 bridgehead atoms. The highest BCUT2D eigenvalue weighted by Crippen LogP contribution is 2.61. The molecular formula is C55H44N2O. The number of hydrogen-bond acceptors (Lipinski definition) is 3. The van der Waals surface area contributed by atoms with E-state index in [1.807, 2.05) is 0 Å². The summed E-state index contributed by atoms with van der Waals surface area (Å²) in [5, 5.41) is 0. The molecule has 3 heteroatoms. The van der Waals surface area contributed by atoms with Gasteiger partial charge in [-0.1, -0.05) is 143 Å². The second-order valence-corrected chi connectivity index (χ2v) is 17.1. The third-order valence-electron chi connectivity index (χ3n) is 13.0. The van der Waals surface area contributed by atoms with Crippen LogP contribution in [0.4, 0.5) is 34.1 Å². The van der Waals surface area contributed by atoms with Gasteiger partial charge in [0.2, 0.25) is 0 Å². The maximum Gasteiger partial charge on any atom is 0.151 e. The molecule has 0 saturated heterocycles. The average Bonchev–Trinajstić information content (AvgIpc) is 3.48. The number of para-hydroxylation sites is 2. The zero-order chi connectivity index (χ0) is 39.3. The van der Waals surface area contributed by atoms with Crippen LogP contribution in [0, 0.1) is 6.92 Å². The van der Waals surface area contributed by atoms with Gasteiger partial charge < -0.3 is 14.5 Å². The molecule has 1 aliphatic carbocycles. The third-order valence-corrected chi connectivity index (χ3v) is 13.0. The van der Waals surface area contributed by atoms with Crippen LogP contribution in [-0.4, -0.2) is 0 Å². The SMILES string of the molecule is Cc1cccc2c1N1c3ccc(-c4ccc(N(c5ccc(-c6ccccc6)cc5)c5ccc6c(c5)C(C)(C)c5ccccc5-6)cc4)cc3C(C)(C)c3cccc(c31)O2. The van der Waals surface area contributed by atoms with E-state index in [4.69, 9.17) is 4.74 Å². The molecule has 0 unspecified atom stereocenters. The summed E-state index contributed by atoms with van der Waals surface area (Å²) in [5.74, 6) is 1.80. The van der Waals surface area contributed by atoms with Crippen molar-refractivity contribution in [1.82, 2.24) is 0 Å². The first-order valence-electron chi connectivity index (χ1n) is 20.3. The number of anilines is 6. The molecular weight excluding hydrogens is 705 g/mol. The van der Waals surface area contributed by atoms with Crippen LogP contribution in [-0.2, 0) is 10.8 Å². The molecule has 280 valence electrons. The van der Waals surface area contributed by atoms with Crippen molar-refractivity contribution in [2.45, 2.75) is 45.4 Å². The van der Waals surface area contributed by atoms with E-state index in [1.54, 1.807) is 0 Å². The molecule has 0 amide bonds. The number of ether oxygens (including phenoxy) is 1. The second kappa shape index (κ2) is 12.6. The van der Waals surface area contributed by atoms with Crippen molar-refractivity contribution in [2.75, 3.05) is 9.80 Å². The van der Waals surface area contributed by atoms with Crippen LogP contribution in [0.2, 0.25) is 0 Å². The highest BCUT2D eigenvalue weighted by Gasteiger charge is 2.42. The van der Waals surface area contributed by atoms with Crippen molar-refractivity contribution >= 4 is 34.1 Å². The molecule has 58 heavy (non-hydrogen) atoms. The highest BCUT2D eigenvalue weighted by molar-refractivity contribution is 5.95. The Morgan fingerprint density at radius 1 is 0.414 bits per heavy atom. The van der Waals surface area contributed by atoms with Gasteiger partial charge in [-0.05, 0) is 129 Å². The van der Waals surface area contributed by atoms with Gasteiger partial charge in [-0.15, -0.1) is 0 Å². The summed E-state index contributed by atoms with van der Waals surface area (Å²) in [6.45, 7) is 11.6. The Labute approximate surface area is 341 Å². The van der Waals surface area contributed by atoms with E-state index in [2.05, 4.69) is 220 Å². The minimum atomic E-state index is -0.236. The molecule has 0 atom stereocenters. The molecule has 0 fully saturated rings. The van der Waals surface area contributed by atoms with E-state index in [-0.39, 0.29) is 10.8 Å². The number of aryl methyl sites for hydroxylation is 1. The van der Waals surface area contributed by atoms with Gasteiger partial charge in [0, 0.05) is 27.9 Å². The predicted molar refractivity (Wildman–Crippen MR) is 241 cm³/mol. The Bertz CT molecular complexity index is 2920. The number of rotatable bonds is 5. The Morgan fingerprint density at radius 3 is 1.71 bits per heavy atom. The lowest BCUT2D eigenvalue weighted by atomic mass is 9.72. The van der Waals surface area contributed by atoms with Gasteiger partial charge in [-0.3, -0.25) is 0 Å². The van der Waals surface area contributed by atoms with Crippen LogP contribution in [0.5, 0.6) is 11.5 Å². The highest BCUT2D eigenvalue weighted by atomic mass is 16.5. The fourth-order valence-electron chi connectivity index (χ4n) is 9.88. The van der Waals surface area contributed by atoms with Crippen LogP contribution in [0.3, 0.4) is 0 Å². The van der Waals surface area contributed by atoms with E-state index in [9.17, 15) is 0 Å². The lowest BCUT2D eigenvalue weighted by Gasteiger charge is -2.45. The van der Waals surface area contributed by atoms with Crippen molar-refractivity contribution in [3.05, 3.63) is 204 Å². The van der Waals surface area contributed by atoms with Gasteiger partial charge in [-0.25, -0.2) is 0 Å². The lowest BCUT2D eigenvalue weighted by molar-refractivity contribution is 0.471. The maximum absolute atomic E-state index is 6.53. The summed E-state index contributed by atoms with van der Waals surface area (Å²) < 4.78 is 6.53. The summed E-state index contributed by atoms with van der Waals surface area (Å²) in [5.41, 5.74) is 20.5. The number of benzene rings is 8. The van der Waals surface area contributed by atoms with Crippen LogP contribution in [0.1, 0.15) is 55.5 Å². The molecule has 0 aromatic heterocycles. The van der Waals surface area contributed by atoms with Crippen LogP contribution in [0.15, 0.2) is 176 Å². The Kier molecular flexibility index (Phi) is 7.46. The van der Waals surface area contributed by atoms with Crippen LogP contribution < -0.4 is 14.5 Å². The van der Waals surface area contributed by atoms with Gasteiger partial charge in [-0.2, -0.15) is 0 Å². The maximum atomic E-state index is 6.53. The topological polar surface area (TPSA) is 15.7 Å². The van der Waals surface area contributed by atoms with Gasteiger partial charge in [0.25, 0.3) is 0 Å². The molecule has 0 N–H and O–H groups in total. The smallest absolute Gasteiger partial charge is 0.151 e. The van der Waals surface area contributed by atoms with Crippen molar-refractivity contribution in [3.8, 4) is 44.9 Å². The first-order chi connectivity index (χ1) is 28.2. The zero-order valence-electron chi connectivity index (χ0n) is 33.5. The van der Waals surface area contributed by atoms with E-state index >= 15 is 0 Å². The van der Waals surface area contributed by atoms with Gasteiger partial charge in [0.15, 0.2) is 11.5 Å². The van der Waals surface area contributed by atoms with Crippen LogP contribution in [0.25, 0.3) is 33.4 Å². The molecule has 0 saturated carbocycles. The van der Waals surface area contributed by atoms with Crippen molar-refractivity contribution in [1.29, 1.82) is 0 Å². The molecule has 2 aliphatic heterocycles. The van der Waals surface area contributed by atoms with Gasteiger partial charge >= 0.3 is 0 Å². The van der Waals surface area contributed by atoms with E-state index in [0.717, 1.165) is 39.9 Å². The van der Waals surface area contributed by atoms with Crippen molar-refractivity contribution in [3.63, 3.8) is 0 Å². The number of fused-ring (bicyclic) bond motifs is 7. The minimum absolute atomic E-state index is 0.0983. The molecule has 2 heterocycles. The molecule has 0 spiro atoms. The molecule has 0 radical (unpaired) electrons. The summed E-state index contributed by atoms with van der Waals surface area (Å²) in [6, 6.07) is 64.4. The molecule has 3 aliphatic rings. The number of nitrogens with zero attached hydrogens (tertiary/aromatic N) is 2. The lowest BCUT2D eigenvalue weighted by Crippen LogP contribution is -2.32. The Morgan fingerprint density at radius 2 is 0.966 bits per heavy atom. The number of hydrogen-bond donors (Lipinski definition) is 0. The first-order valence-corrected chi connectivity index (χ1v) is 20.3. The third kappa shape index (κ3) is 5.06. The van der Waals surface area contributed by atoms with Crippen LogP contribution >= 0.6 is 0 Å². The summed E-state index contributed by atoms with van der Waals surface area (Å²) in [6.07, 6.45) is 0. The fourth-order valence-corrected chi connectivity index (χ4v) is 9.88. The average molecular weight is 749 g/mol. The molecule has 8 aromatic carbocycles. The monoisotopic (exact) mass is 748 g/mol. The predicted octanol–water partition coefficient (Wildman–Crippen LogP) is 15.3. The molecule has 11 rings (SSSR count). The molecule has 3 nitrogen and oxygen atoms in total. The van der Waals surface area contributed by atoms with Gasteiger partial charge in [0.05, 0.1) is 17.1 Å². The minimum Gasteiger partial charge on any atom is -0.453 e. The quantitative estimate of drug-likeness (QED) is 0.174. The fraction of sp³-hybridized carbons (Fsp3) is 0.127. The summed E-state index contributed by atoms with van der Waals surface area (Å²) >= 11 is 0. The van der Waals surface area contributed by atoms with Crippen molar-refractivity contribution < 1.29 is 4.74 Å². The molecule has 8 aromatic rings. The first kappa shape index (κ1) is 34.4. The van der Waals surface area contributed by atoms with E-state index in [1.165, 1.54) is 66.9 Å². The Balaban J connectivity index is 1.00. The van der Waals surface area contributed by atoms with E-state index < -0.39 is 0 Å². The second-order valence-electron chi connectivity index (χ2n) is 17.1. The largest absolute Gasteiger partial charge is 0.453 e. The normalized spacial score (nSPS) is 14.7. The van der Waals surface area contributed by atoms with Crippen molar-refractivity contribution in [2.24, 2.45) is 0 Å². The van der Waals surface area contributed by atoms with Gasteiger partial charge in [0.1, 0.15) is 0 Å². The summed E-state index contributed by atoms with van der Waals surface area (Å²) in [7, 11) is 0.